The van der Waals surface area contributed by atoms with Gasteiger partial charge in [-0.25, -0.2) is 23.1 Å². The smallest absolute Gasteiger partial charge is 0.264 e. The summed E-state index contributed by atoms with van der Waals surface area (Å²) in [6, 6.07) is 7.06. The van der Waals surface area contributed by atoms with Gasteiger partial charge in [-0.3, -0.25) is 9.48 Å². The number of carbonyl (C=O) groups is 1. The topological polar surface area (TPSA) is 119 Å². The zero-order valence-corrected chi connectivity index (χ0v) is 19.2. The van der Waals surface area contributed by atoms with Gasteiger partial charge in [-0.1, -0.05) is 0 Å². The first-order chi connectivity index (χ1) is 14.1. The molecular formula is C19H21BrN6O3S. The molecule has 0 radical (unpaired) electrons. The van der Waals surface area contributed by atoms with Gasteiger partial charge in [0, 0.05) is 17.1 Å². The van der Waals surface area contributed by atoms with Crippen LogP contribution in [0.5, 0.6) is 0 Å². The Labute approximate surface area is 183 Å². The van der Waals surface area contributed by atoms with Crippen LogP contribution in [-0.4, -0.2) is 34.1 Å². The van der Waals surface area contributed by atoms with Crippen molar-refractivity contribution in [1.29, 1.82) is 0 Å². The van der Waals surface area contributed by atoms with Crippen LogP contribution in [-0.2, 0) is 14.8 Å². The number of anilines is 2. The monoisotopic (exact) mass is 492 g/mol. The summed E-state index contributed by atoms with van der Waals surface area (Å²) >= 11 is 3.37. The first-order valence-corrected chi connectivity index (χ1v) is 11.3. The van der Waals surface area contributed by atoms with Crippen LogP contribution in [0.2, 0.25) is 0 Å². The van der Waals surface area contributed by atoms with Crippen LogP contribution in [0, 0.1) is 20.8 Å². The lowest BCUT2D eigenvalue weighted by atomic mass is 10.2. The molecule has 1 aromatic carbocycles. The Bertz CT molecular complexity index is 1170. The van der Waals surface area contributed by atoms with E-state index < -0.39 is 16.1 Å². The number of sulfonamides is 1. The zero-order valence-electron chi connectivity index (χ0n) is 16.8. The highest BCUT2D eigenvalue weighted by molar-refractivity contribution is 9.10. The fraction of sp³-hybridized carbons (Fsp3) is 0.263. The molecule has 1 unspecified atom stereocenters. The van der Waals surface area contributed by atoms with Gasteiger partial charge in [0.2, 0.25) is 11.9 Å². The second kappa shape index (κ2) is 8.52. The Morgan fingerprint density at radius 3 is 2.23 bits per heavy atom. The summed E-state index contributed by atoms with van der Waals surface area (Å²) in [5.74, 6) is -0.259. The molecule has 1 amide bonds. The van der Waals surface area contributed by atoms with E-state index >= 15 is 0 Å². The van der Waals surface area contributed by atoms with Crippen molar-refractivity contribution in [1.82, 2.24) is 19.7 Å². The van der Waals surface area contributed by atoms with E-state index in [1.807, 2.05) is 6.92 Å². The van der Waals surface area contributed by atoms with E-state index in [-0.39, 0.29) is 16.8 Å². The average molecular weight is 493 g/mol. The van der Waals surface area contributed by atoms with Gasteiger partial charge >= 0.3 is 0 Å². The van der Waals surface area contributed by atoms with Gasteiger partial charge in [-0.15, -0.1) is 0 Å². The maximum absolute atomic E-state index is 12.6. The fourth-order valence-corrected chi connectivity index (χ4v) is 4.04. The number of carbonyl (C=O) groups excluding carboxylic acids is 1. The molecule has 0 saturated heterocycles. The highest BCUT2D eigenvalue weighted by Gasteiger charge is 2.20. The Morgan fingerprint density at radius 2 is 1.70 bits per heavy atom. The van der Waals surface area contributed by atoms with E-state index in [1.165, 1.54) is 24.3 Å². The van der Waals surface area contributed by atoms with Gasteiger partial charge in [0.1, 0.15) is 6.04 Å². The van der Waals surface area contributed by atoms with Crippen molar-refractivity contribution in [2.45, 2.75) is 38.6 Å². The summed E-state index contributed by atoms with van der Waals surface area (Å²) in [5, 5.41) is 6.95. The third-order valence-corrected chi connectivity index (χ3v) is 6.49. The summed E-state index contributed by atoms with van der Waals surface area (Å²) in [5.41, 5.74) is 2.62. The normalized spacial score (nSPS) is 12.4. The number of hydrogen-bond acceptors (Lipinski definition) is 6. The lowest BCUT2D eigenvalue weighted by Crippen LogP contribution is -2.25. The molecule has 0 fully saturated rings. The number of aromatic nitrogens is 4. The molecule has 158 valence electrons. The second-order valence-corrected chi connectivity index (χ2v) is 9.33. The maximum Gasteiger partial charge on any atom is 0.264 e. The van der Waals surface area contributed by atoms with Crippen LogP contribution in [0.4, 0.5) is 11.6 Å². The lowest BCUT2D eigenvalue weighted by molar-refractivity contribution is -0.119. The minimum Gasteiger partial charge on any atom is -0.324 e. The van der Waals surface area contributed by atoms with E-state index in [9.17, 15) is 13.2 Å². The number of rotatable bonds is 6. The summed E-state index contributed by atoms with van der Waals surface area (Å²) in [7, 11) is -3.86. The van der Waals surface area contributed by atoms with Gasteiger partial charge in [0.25, 0.3) is 10.0 Å². The van der Waals surface area contributed by atoms with E-state index in [0.717, 1.165) is 10.2 Å². The summed E-state index contributed by atoms with van der Waals surface area (Å²) in [6.07, 6.45) is 1.63. The van der Waals surface area contributed by atoms with Gasteiger partial charge in [-0.2, -0.15) is 5.10 Å². The molecular weight excluding hydrogens is 472 g/mol. The third kappa shape index (κ3) is 4.85. The highest BCUT2D eigenvalue weighted by atomic mass is 79.9. The SMILES string of the molecule is Cc1cc(C)nc(NS(=O)(=O)c2ccc(NC(=O)C(C)n3ncc(Br)c3C)cc2)n1. The number of nitrogens with zero attached hydrogens (tertiary/aromatic N) is 4. The highest BCUT2D eigenvalue weighted by Crippen LogP contribution is 2.21. The Hall–Kier alpha value is -2.79. The number of aryl methyl sites for hydroxylation is 2. The summed E-state index contributed by atoms with van der Waals surface area (Å²) < 4.78 is 30.0. The van der Waals surface area contributed by atoms with E-state index in [4.69, 9.17) is 0 Å². The molecule has 0 aliphatic carbocycles. The molecule has 0 spiro atoms. The summed E-state index contributed by atoms with van der Waals surface area (Å²) in [6.45, 7) is 7.10. The molecule has 0 aliphatic rings. The molecule has 3 rings (SSSR count). The van der Waals surface area contributed by atoms with Crippen molar-refractivity contribution in [2.24, 2.45) is 0 Å². The first-order valence-electron chi connectivity index (χ1n) is 9.02. The second-order valence-electron chi connectivity index (χ2n) is 6.79. The minimum atomic E-state index is -3.86. The van der Waals surface area contributed by atoms with Crippen LogP contribution >= 0.6 is 15.9 Å². The Kier molecular flexibility index (Phi) is 6.22. The quantitative estimate of drug-likeness (QED) is 0.544. The predicted molar refractivity (Wildman–Crippen MR) is 117 cm³/mol. The standard InChI is InChI=1S/C19H21BrN6O3S/c1-11-9-12(2)23-19(22-11)25-30(28,29)16-7-5-15(6-8-16)24-18(27)14(4)26-13(3)17(20)10-21-26/h5-10,14H,1-4H3,(H,24,27)(H,22,23,25). The van der Waals surface area contributed by atoms with Gasteiger partial charge in [0.15, 0.2) is 0 Å². The van der Waals surface area contributed by atoms with Crippen molar-refractivity contribution >= 4 is 43.5 Å². The fourth-order valence-electron chi connectivity index (χ4n) is 2.82. The zero-order chi connectivity index (χ0) is 22.1. The van der Waals surface area contributed by atoms with Crippen LogP contribution in [0.25, 0.3) is 0 Å². The van der Waals surface area contributed by atoms with Crippen molar-refractivity contribution in [2.75, 3.05) is 10.0 Å². The van der Waals surface area contributed by atoms with Crippen LogP contribution < -0.4 is 10.0 Å². The number of hydrogen-bond donors (Lipinski definition) is 2. The van der Waals surface area contributed by atoms with Gasteiger partial charge in [-0.05, 0) is 74.0 Å². The molecule has 3 aromatic rings. The molecule has 2 aromatic heterocycles. The number of benzene rings is 1. The molecule has 30 heavy (non-hydrogen) atoms. The summed E-state index contributed by atoms with van der Waals surface area (Å²) in [4.78, 5) is 20.7. The molecule has 0 bridgehead atoms. The Balaban J connectivity index is 1.72. The van der Waals surface area contributed by atoms with E-state index in [1.54, 1.807) is 37.7 Å². The molecule has 1 atom stereocenters. The molecule has 9 nitrogen and oxygen atoms in total. The number of nitrogens with one attached hydrogen (secondary N) is 2. The predicted octanol–water partition coefficient (Wildman–Crippen LogP) is 3.36. The lowest BCUT2D eigenvalue weighted by Gasteiger charge is -2.15. The van der Waals surface area contributed by atoms with E-state index in [2.05, 4.69) is 41.0 Å². The van der Waals surface area contributed by atoms with Crippen molar-refractivity contribution in [3.63, 3.8) is 0 Å². The Morgan fingerprint density at radius 1 is 1.10 bits per heavy atom. The first kappa shape index (κ1) is 21.9. The van der Waals surface area contributed by atoms with Gasteiger partial charge in [0.05, 0.1) is 21.3 Å². The molecule has 11 heteroatoms. The number of amides is 1. The van der Waals surface area contributed by atoms with Crippen molar-refractivity contribution < 1.29 is 13.2 Å². The van der Waals surface area contributed by atoms with Crippen molar-refractivity contribution in [3.05, 3.63) is 58.1 Å². The number of halogens is 1. The van der Waals surface area contributed by atoms with Crippen molar-refractivity contribution in [3.8, 4) is 0 Å². The average Bonchev–Trinajstić information content (AvgIpc) is 2.99. The molecule has 2 N–H and O–H groups in total. The third-order valence-electron chi connectivity index (χ3n) is 4.37. The molecule has 0 saturated carbocycles. The maximum atomic E-state index is 12.6. The molecule has 2 heterocycles. The minimum absolute atomic E-state index is 0.0134. The molecule has 0 aliphatic heterocycles. The van der Waals surface area contributed by atoms with Crippen LogP contribution in [0.1, 0.15) is 30.0 Å². The van der Waals surface area contributed by atoms with Crippen LogP contribution in [0.15, 0.2) is 45.9 Å². The van der Waals surface area contributed by atoms with E-state index in [0.29, 0.717) is 17.1 Å². The van der Waals surface area contributed by atoms with Gasteiger partial charge < -0.3 is 5.32 Å². The van der Waals surface area contributed by atoms with Crippen LogP contribution in [0.3, 0.4) is 0 Å². The largest absolute Gasteiger partial charge is 0.324 e.